The van der Waals surface area contributed by atoms with Gasteiger partial charge < -0.3 is 9.84 Å². The third kappa shape index (κ3) is 3.66. The molecule has 1 aromatic carbocycles. The zero-order chi connectivity index (χ0) is 13.7. The number of aromatic nitrogens is 1. The first-order chi connectivity index (χ1) is 9.12. The van der Waals surface area contributed by atoms with Crippen molar-refractivity contribution < 1.29 is 18.3 Å². The molecule has 0 amide bonds. The predicted molar refractivity (Wildman–Crippen MR) is 71.9 cm³/mol. The van der Waals surface area contributed by atoms with E-state index in [9.17, 15) is 8.42 Å². The lowest BCUT2D eigenvalue weighted by Gasteiger charge is -2.07. The van der Waals surface area contributed by atoms with Crippen LogP contribution in [0.15, 0.2) is 40.7 Å². The maximum Gasteiger partial charge on any atom is 0.263 e. The SMILES string of the molecule is O=S(=O)(Nc1nccs1)c1ccc(OCCO)cc1. The quantitative estimate of drug-likeness (QED) is 0.840. The summed E-state index contributed by atoms with van der Waals surface area (Å²) in [6, 6.07) is 5.93. The topological polar surface area (TPSA) is 88.5 Å². The minimum absolute atomic E-state index is 0.0916. The lowest BCUT2D eigenvalue weighted by molar-refractivity contribution is 0.201. The highest BCUT2D eigenvalue weighted by molar-refractivity contribution is 7.93. The Morgan fingerprint density at radius 1 is 1.32 bits per heavy atom. The minimum Gasteiger partial charge on any atom is -0.491 e. The van der Waals surface area contributed by atoms with Gasteiger partial charge in [-0.15, -0.1) is 11.3 Å². The fourth-order valence-corrected chi connectivity index (χ4v) is 3.11. The number of hydrogen-bond donors (Lipinski definition) is 2. The molecule has 0 aliphatic heterocycles. The normalized spacial score (nSPS) is 11.2. The molecule has 2 N–H and O–H groups in total. The van der Waals surface area contributed by atoms with Crippen molar-refractivity contribution in [3.05, 3.63) is 35.8 Å². The standard InChI is InChI=1S/C11H12N2O4S2/c14-6-7-17-9-1-3-10(4-2-9)19(15,16)13-11-12-5-8-18-11/h1-5,8,14H,6-7H2,(H,12,13). The van der Waals surface area contributed by atoms with E-state index in [2.05, 4.69) is 9.71 Å². The second kappa shape index (κ2) is 6.00. The Morgan fingerprint density at radius 2 is 2.05 bits per heavy atom. The van der Waals surface area contributed by atoms with Gasteiger partial charge in [0.15, 0.2) is 5.13 Å². The summed E-state index contributed by atoms with van der Waals surface area (Å²) in [4.78, 5) is 3.98. The van der Waals surface area contributed by atoms with Gasteiger partial charge in [-0.3, -0.25) is 4.72 Å². The largest absolute Gasteiger partial charge is 0.491 e. The maximum absolute atomic E-state index is 12.0. The summed E-state index contributed by atoms with van der Waals surface area (Å²) in [7, 11) is -3.63. The Bertz CT molecular complexity index is 609. The Balaban J connectivity index is 2.12. The average Bonchev–Trinajstić information content (AvgIpc) is 2.89. The predicted octanol–water partition coefficient (Wildman–Crippen LogP) is 1.31. The van der Waals surface area contributed by atoms with Crippen LogP contribution in [-0.2, 0) is 10.0 Å². The van der Waals surface area contributed by atoms with Crippen molar-refractivity contribution >= 4 is 26.5 Å². The molecule has 0 saturated heterocycles. The molecule has 0 saturated carbocycles. The second-order valence-corrected chi connectivity index (χ2v) is 6.06. The highest BCUT2D eigenvalue weighted by Crippen LogP contribution is 2.20. The summed E-state index contributed by atoms with van der Waals surface area (Å²) < 4.78 is 31.5. The number of aliphatic hydroxyl groups excluding tert-OH is 1. The first kappa shape index (κ1) is 13.8. The third-order valence-electron chi connectivity index (χ3n) is 2.15. The first-order valence-corrected chi connectivity index (χ1v) is 7.74. The second-order valence-electron chi connectivity index (χ2n) is 3.49. The Morgan fingerprint density at radius 3 is 2.63 bits per heavy atom. The van der Waals surface area contributed by atoms with E-state index in [4.69, 9.17) is 9.84 Å². The van der Waals surface area contributed by atoms with Gasteiger partial charge in [-0.2, -0.15) is 0 Å². The summed E-state index contributed by atoms with van der Waals surface area (Å²) >= 11 is 1.20. The molecule has 2 aromatic rings. The molecule has 0 aliphatic rings. The minimum atomic E-state index is -3.63. The highest BCUT2D eigenvalue weighted by Gasteiger charge is 2.15. The van der Waals surface area contributed by atoms with Crippen LogP contribution in [0.4, 0.5) is 5.13 Å². The summed E-state index contributed by atoms with van der Waals surface area (Å²) in [5, 5.41) is 10.6. The molecule has 6 nitrogen and oxygen atoms in total. The number of sulfonamides is 1. The van der Waals surface area contributed by atoms with Crippen molar-refractivity contribution in [1.82, 2.24) is 4.98 Å². The third-order valence-corrected chi connectivity index (χ3v) is 4.32. The average molecular weight is 300 g/mol. The maximum atomic E-state index is 12.0. The molecule has 19 heavy (non-hydrogen) atoms. The van der Waals surface area contributed by atoms with Crippen molar-refractivity contribution in [1.29, 1.82) is 0 Å². The van der Waals surface area contributed by atoms with Crippen LogP contribution >= 0.6 is 11.3 Å². The van der Waals surface area contributed by atoms with E-state index >= 15 is 0 Å². The van der Waals surface area contributed by atoms with E-state index in [0.29, 0.717) is 10.9 Å². The van der Waals surface area contributed by atoms with E-state index in [-0.39, 0.29) is 18.1 Å². The van der Waals surface area contributed by atoms with Crippen LogP contribution in [0.1, 0.15) is 0 Å². The van der Waals surface area contributed by atoms with Gasteiger partial charge >= 0.3 is 0 Å². The summed E-state index contributed by atoms with van der Waals surface area (Å²) in [6.07, 6.45) is 1.52. The summed E-state index contributed by atoms with van der Waals surface area (Å²) in [5.74, 6) is 0.502. The molecule has 0 spiro atoms. The number of hydrogen-bond acceptors (Lipinski definition) is 6. The Kier molecular flexibility index (Phi) is 4.35. The van der Waals surface area contributed by atoms with Crippen molar-refractivity contribution in [3.8, 4) is 5.75 Å². The fraction of sp³-hybridized carbons (Fsp3) is 0.182. The van der Waals surface area contributed by atoms with E-state index in [1.807, 2.05) is 0 Å². The number of nitrogens with zero attached hydrogens (tertiary/aromatic N) is 1. The van der Waals surface area contributed by atoms with Gasteiger partial charge in [-0.05, 0) is 24.3 Å². The van der Waals surface area contributed by atoms with Gasteiger partial charge in [0.05, 0.1) is 11.5 Å². The van der Waals surface area contributed by atoms with Crippen molar-refractivity contribution in [2.75, 3.05) is 17.9 Å². The van der Waals surface area contributed by atoms with E-state index in [1.54, 1.807) is 5.38 Å². The molecular weight excluding hydrogens is 288 g/mol. The molecule has 0 bridgehead atoms. The van der Waals surface area contributed by atoms with E-state index < -0.39 is 10.0 Å². The molecule has 0 aliphatic carbocycles. The van der Waals surface area contributed by atoms with Crippen LogP contribution in [-0.4, -0.2) is 31.7 Å². The number of rotatable bonds is 6. The van der Waals surface area contributed by atoms with Gasteiger partial charge in [0.25, 0.3) is 10.0 Å². The molecular formula is C11H12N2O4S2. The van der Waals surface area contributed by atoms with Gasteiger partial charge in [0.2, 0.25) is 0 Å². The van der Waals surface area contributed by atoms with Crippen LogP contribution < -0.4 is 9.46 Å². The molecule has 102 valence electrons. The number of aliphatic hydroxyl groups is 1. The number of nitrogens with one attached hydrogen (secondary N) is 1. The molecule has 0 unspecified atom stereocenters. The highest BCUT2D eigenvalue weighted by atomic mass is 32.2. The monoisotopic (exact) mass is 300 g/mol. The lowest BCUT2D eigenvalue weighted by atomic mass is 10.3. The fourth-order valence-electron chi connectivity index (χ4n) is 1.33. The van der Waals surface area contributed by atoms with Crippen LogP contribution in [0.5, 0.6) is 5.75 Å². The van der Waals surface area contributed by atoms with Gasteiger partial charge in [0.1, 0.15) is 12.4 Å². The molecule has 1 heterocycles. The molecule has 1 aromatic heterocycles. The zero-order valence-corrected chi connectivity index (χ0v) is 11.4. The van der Waals surface area contributed by atoms with Crippen LogP contribution in [0.3, 0.4) is 0 Å². The lowest BCUT2D eigenvalue weighted by Crippen LogP contribution is -2.12. The zero-order valence-electron chi connectivity index (χ0n) is 9.81. The van der Waals surface area contributed by atoms with E-state index in [0.717, 1.165) is 0 Å². The first-order valence-electron chi connectivity index (χ1n) is 5.38. The number of benzene rings is 1. The van der Waals surface area contributed by atoms with Crippen molar-refractivity contribution in [3.63, 3.8) is 0 Å². The van der Waals surface area contributed by atoms with Crippen LogP contribution in [0.25, 0.3) is 0 Å². The summed E-state index contributed by atoms with van der Waals surface area (Å²) in [6.45, 7) is 0.0785. The number of thiazole rings is 1. The van der Waals surface area contributed by atoms with Gasteiger partial charge in [-0.25, -0.2) is 13.4 Å². The molecule has 0 atom stereocenters. The Hall–Kier alpha value is -1.64. The van der Waals surface area contributed by atoms with Crippen molar-refractivity contribution in [2.24, 2.45) is 0 Å². The Labute approximate surface area is 114 Å². The number of ether oxygens (including phenoxy) is 1. The van der Waals surface area contributed by atoms with Crippen LogP contribution in [0, 0.1) is 0 Å². The van der Waals surface area contributed by atoms with E-state index in [1.165, 1.54) is 41.8 Å². The molecule has 8 heteroatoms. The van der Waals surface area contributed by atoms with Crippen LogP contribution in [0.2, 0.25) is 0 Å². The smallest absolute Gasteiger partial charge is 0.263 e. The number of anilines is 1. The molecule has 0 fully saturated rings. The van der Waals surface area contributed by atoms with Gasteiger partial charge in [-0.1, -0.05) is 0 Å². The molecule has 2 rings (SSSR count). The molecule has 0 radical (unpaired) electrons. The van der Waals surface area contributed by atoms with Crippen molar-refractivity contribution in [2.45, 2.75) is 4.90 Å². The summed E-state index contributed by atoms with van der Waals surface area (Å²) in [5.41, 5.74) is 0. The van der Waals surface area contributed by atoms with Gasteiger partial charge in [0, 0.05) is 11.6 Å².